The molecule has 1 aliphatic heterocycles. The second-order valence-electron chi connectivity index (χ2n) is 7.27. The number of nitro groups is 1. The first-order valence-electron chi connectivity index (χ1n) is 9.96. The Morgan fingerprint density at radius 3 is 2.47 bits per heavy atom. The number of thiazole rings is 1. The van der Waals surface area contributed by atoms with Crippen LogP contribution in [-0.2, 0) is 4.79 Å². The van der Waals surface area contributed by atoms with Gasteiger partial charge in [-0.2, -0.15) is 0 Å². The maximum atomic E-state index is 12.7. The summed E-state index contributed by atoms with van der Waals surface area (Å²) in [6, 6.07) is 17.6. The minimum atomic E-state index is -0.526. The van der Waals surface area contributed by atoms with E-state index in [-0.39, 0.29) is 29.2 Å². The molecule has 0 aliphatic carbocycles. The van der Waals surface area contributed by atoms with E-state index in [2.05, 4.69) is 10.3 Å². The lowest BCUT2D eigenvalue weighted by Crippen LogP contribution is -2.29. The average Bonchev–Trinajstić information content (AvgIpc) is 3.35. The Hall–Kier alpha value is -4.09. The molecule has 1 aromatic heterocycles. The highest BCUT2D eigenvalue weighted by Crippen LogP contribution is 2.35. The predicted molar refractivity (Wildman–Crippen MR) is 130 cm³/mol. The van der Waals surface area contributed by atoms with Crippen molar-refractivity contribution in [2.75, 3.05) is 16.0 Å². The quantitative estimate of drug-likeness (QED) is 0.179. The molecular formula is C23H14N4O5S2. The number of rotatable bonds is 6. The Morgan fingerprint density at radius 1 is 1.03 bits per heavy atom. The number of nitrogens with zero attached hydrogens (tertiary/aromatic N) is 3. The number of nitrogens with one attached hydrogen (secondary N) is 1. The Kier molecular flexibility index (Phi) is 5.56. The van der Waals surface area contributed by atoms with Crippen LogP contribution in [-0.4, -0.2) is 33.4 Å². The van der Waals surface area contributed by atoms with Crippen molar-refractivity contribution in [1.82, 2.24) is 4.98 Å². The van der Waals surface area contributed by atoms with Crippen molar-refractivity contribution in [3.05, 3.63) is 88.0 Å². The van der Waals surface area contributed by atoms with E-state index in [4.69, 9.17) is 0 Å². The fraction of sp³-hybridized carbons (Fsp3) is 0.0435. The van der Waals surface area contributed by atoms with Gasteiger partial charge < -0.3 is 5.32 Å². The summed E-state index contributed by atoms with van der Waals surface area (Å²) in [5, 5.41) is 13.5. The van der Waals surface area contributed by atoms with Crippen LogP contribution >= 0.6 is 23.1 Å². The summed E-state index contributed by atoms with van der Waals surface area (Å²) >= 11 is 2.57. The molecule has 1 aliphatic rings. The molecule has 34 heavy (non-hydrogen) atoms. The molecule has 2 heterocycles. The first kappa shape index (κ1) is 21.7. The van der Waals surface area contributed by atoms with E-state index in [0.717, 1.165) is 9.60 Å². The fourth-order valence-electron chi connectivity index (χ4n) is 3.54. The highest BCUT2D eigenvalue weighted by Gasteiger charge is 2.36. The van der Waals surface area contributed by atoms with Gasteiger partial charge in [-0.05, 0) is 36.4 Å². The van der Waals surface area contributed by atoms with Gasteiger partial charge in [0.25, 0.3) is 17.5 Å². The number of nitro benzene ring substituents is 1. The summed E-state index contributed by atoms with van der Waals surface area (Å²) in [4.78, 5) is 53.8. The van der Waals surface area contributed by atoms with Crippen LogP contribution in [0.25, 0.3) is 10.2 Å². The van der Waals surface area contributed by atoms with Gasteiger partial charge in [0.15, 0.2) is 4.34 Å². The number of non-ortho nitro benzene ring substituents is 1. The van der Waals surface area contributed by atoms with Gasteiger partial charge in [0.05, 0.1) is 37.7 Å². The number of hydrogen-bond donors (Lipinski definition) is 1. The van der Waals surface area contributed by atoms with E-state index in [1.807, 2.05) is 0 Å². The minimum absolute atomic E-state index is 0.0633. The number of imide groups is 1. The maximum absolute atomic E-state index is 12.7. The smallest absolute Gasteiger partial charge is 0.271 e. The third kappa shape index (κ3) is 4.02. The molecule has 168 valence electrons. The summed E-state index contributed by atoms with van der Waals surface area (Å²) in [5.41, 5.74) is 2.14. The van der Waals surface area contributed by atoms with E-state index >= 15 is 0 Å². The average molecular weight is 491 g/mol. The SMILES string of the molecule is O=C(CSc1nc2ccc(N3C(=O)c4ccccc4C3=O)cc2s1)Nc1cccc([N+](=O)[O-])c1. The van der Waals surface area contributed by atoms with Gasteiger partial charge in [0.1, 0.15) is 0 Å². The third-order valence-electron chi connectivity index (χ3n) is 5.07. The lowest BCUT2D eigenvalue weighted by atomic mass is 10.1. The highest BCUT2D eigenvalue weighted by molar-refractivity contribution is 8.01. The summed E-state index contributed by atoms with van der Waals surface area (Å²) in [5.74, 6) is -0.987. The number of carbonyl (C=O) groups excluding carboxylic acids is 3. The Morgan fingerprint density at radius 2 is 1.76 bits per heavy atom. The topological polar surface area (TPSA) is 123 Å². The number of fused-ring (bicyclic) bond motifs is 2. The van der Waals surface area contributed by atoms with Crippen molar-refractivity contribution in [3.8, 4) is 0 Å². The van der Waals surface area contributed by atoms with Crippen LogP contribution in [0.3, 0.4) is 0 Å². The molecule has 4 aromatic rings. The molecule has 0 saturated heterocycles. The first-order chi connectivity index (χ1) is 16.4. The molecule has 3 aromatic carbocycles. The number of benzene rings is 3. The normalized spacial score (nSPS) is 12.8. The zero-order chi connectivity index (χ0) is 23.8. The summed E-state index contributed by atoms with van der Waals surface area (Å²) < 4.78 is 1.42. The number of amides is 3. The van der Waals surface area contributed by atoms with Crippen LogP contribution in [0.2, 0.25) is 0 Å². The molecule has 0 radical (unpaired) electrons. The molecule has 0 bridgehead atoms. The molecule has 1 N–H and O–H groups in total. The molecular weight excluding hydrogens is 476 g/mol. The standard InChI is InChI=1S/C23H14N4O5S2/c28-20(24-13-4-3-5-15(10-13)27(31)32)12-33-23-25-18-9-8-14(11-19(18)34-23)26-21(29)16-6-1-2-7-17(16)22(26)30/h1-11H,12H2,(H,24,28). The number of hydrogen-bond acceptors (Lipinski definition) is 8. The molecule has 0 saturated carbocycles. The van der Waals surface area contributed by atoms with Crippen molar-refractivity contribution in [2.45, 2.75) is 4.34 Å². The summed E-state index contributed by atoms with van der Waals surface area (Å²) in [7, 11) is 0. The fourth-order valence-corrected chi connectivity index (χ4v) is 5.44. The molecule has 0 atom stereocenters. The molecule has 0 unspecified atom stereocenters. The summed E-state index contributed by atoms with van der Waals surface area (Å²) in [6.07, 6.45) is 0. The second kappa shape index (κ2) is 8.69. The maximum Gasteiger partial charge on any atom is 0.271 e. The van der Waals surface area contributed by atoms with Crippen LogP contribution in [0.5, 0.6) is 0 Å². The van der Waals surface area contributed by atoms with E-state index in [1.165, 1.54) is 41.3 Å². The van der Waals surface area contributed by atoms with Crippen LogP contribution in [0.15, 0.2) is 71.1 Å². The van der Waals surface area contributed by atoms with Crippen LogP contribution in [0.4, 0.5) is 17.1 Å². The number of aromatic nitrogens is 1. The lowest BCUT2D eigenvalue weighted by Gasteiger charge is -2.13. The molecule has 3 amide bonds. The van der Waals surface area contributed by atoms with Crippen molar-refractivity contribution >= 4 is 68.1 Å². The van der Waals surface area contributed by atoms with Crippen molar-refractivity contribution in [1.29, 1.82) is 0 Å². The largest absolute Gasteiger partial charge is 0.325 e. The van der Waals surface area contributed by atoms with Gasteiger partial charge in [-0.15, -0.1) is 11.3 Å². The number of thioether (sulfide) groups is 1. The lowest BCUT2D eigenvalue weighted by molar-refractivity contribution is -0.384. The zero-order valence-electron chi connectivity index (χ0n) is 17.3. The Labute approximate surface area is 200 Å². The first-order valence-corrected chi connectivity index (χ1v) is 11.8. The molecule has 0 spiro atoms. The van der Waals surface area contributed by atoms with Gasteiger partial charge >= 0.3 is 0 Å². The molecule has 5 rings (SSSR count). The van der Waals surface area contributed by atoms with E-state index in [1.54, 1.807) is 48.5 Å². The summed E-state index contributed by atoms with van der Waals surface area (Å²) in [6.45, 7) is 0. The van der Waals surface area contributed by atoms with E-state index < -0.39 is 4.92 Å². The van der Waals surface area contributed by atoms with E-state index in [9.17, 15) is 24.5 Å². The number of carbonyl (C=O) groups is 3. The Bertz CT molecular complexity index is 1460. The molecule has 9 nitrogen and oxygen atoms in total. The zero-order valence-corrected chi connectivity index (χ0v) is 18.9. The van der Waals surface area contributed by atoms with E-state index in [0.29, 0.717) is 32.4 Å². The van der Waals surface area contributed by atoms with Crippen molar-refractivity contribution < 1.29 is 19.3 Å². The highest BCUT2D eigenvalue weighted by atomic mass is 32.2. The van der Waals surface area contributed by atoms with Gasteiger partial charge in [-0.25, -0.2) is 9.88 Å². The van der Waals surface area contributed by atoms with Gasteiger partial charge in [0, 0.05) is 17.8 Å². The van der Waals surface area contributed by atoms with Crippen molar-refractivity contribution in [3.63, 3.8) is 0 Å². The minimum Gasteiger partial charge on any atom is -0.325 e. The van der Waals surface area contributed by atoms with Crippen LogP contribution in [0.1, 0.15) is 20.7 Å². The monoisotopic (exact) mass is 490 g/mol. The van der Waals surface area contributed by atoms with Gasteiger partial charge in [0.2, 0.25) is 5.91 Å². The van der Waals surface area contributed by atoms with Gasteiger partial charge in [-0.3, -0.25) is 24.5 Å². The number of anilines is 2. The predicted octanol–water partition coefficient (Wildman–Crippen LogP) is 4.74. The second-order valence-corrected chi connectivity index (χ2v) is 9.52. The van der Waals surface area contributed by atoms with Crippen molar-refractivity contribution in [2.24, 2.45) is 0 Å². The van der Waals surface area contributed by atoms with Crippen LogP contribution < -0.4 is 10.2 Å². The Balaban J connectivity index is 1.29. The molecule has 0 fully saturated rings. The van der Waals surface area contributed by atoms with Gasteiger partial charge in [-0.1, -0.05) is 30.0 Å². The molecule has 11 heteroatoms. The van der Waals surface area contributed by atoms with Crippen LogP contribution in [0, 0.1) is 10.1 Å². The third-order valence-corrected chi connectivity index (χ3v) is 7.23.